The fraction of sp³-hybridized carbons (Fsp3) is 0.167. The number of carbonyl (C=O) groups is 1. The molecule has 0 aliphatic carbocycles. The van der Waals surface area contributed by atoms with Crippen LogP contribution in [0.5, 0.6) is 0 Å². The van der Waals surface area contributed by atoms with E-state index < -0.39 is 6.16 Å². The molecule has 1 N–H and O–H groups in total. The Balaban J connectivity index is 2.64. The van der Waals surface area contributed by atoms with Gasteiger partial charge in [0.15, 0.2) is 0 Å². The van der Waals surface area contributed by atoms with Crippen molar-refractivity contribution in [3.05, 3.63) is 12.0 Å². The second kappa shape index (κ2) is 3.25. The molecule has 0 amide bonds. The Morgan fingerprint density at radius 1 is 1.82 bits per heavy atom. The van der Waals surface area contributed by atoms with Crippen LogP contribution in [-0.2, 0) is 4.74 Å². The van der Waals surface area contributed by atoms with E-state index >= 15 is 0 Å². The zero-order chi connectivity index (χ0) is 8.27. The van der Waals surface area contributed by atoms with Gasteiger partial charge in [0.1, 0.15) is 0 Å². The first-order valence-corrected chi connectivity index (χ1v) is 3.27. The Labute approximate surface area is 68.2 Å². The van der Waals surface area contributed by atoms with E-state index in [0.717, 1.165) is 0 Å². The quantitative estimate of drug-likeness (QED) is 0.478. The van der Waals surface area contributed by atoms with Gasteiger partial charge in [-0.1, -0.05) is 12.2 Å². The van der Waals surface area contributed by atoms with Crippen molar-refractivity contribution in [2.75, 3.05) is 0 Å². The van der Waals surface area contributed by atoms with E-state index in [2.05, 4.69) is 9.73 Å². The third kappa shape index (κ3) is 2.46. The Morgan fingerprint density at radius 2 is 2.55 bits per heavy atom. The van der Waals surface area contributed by atoms with E-state index in [9.17, 15) is 4.79 Å². The van der Waals surface area contributed by atoms with Crippen LogP contribution in [0.25, 0.3) is 0 Å². The molecule has 1 heterocycles. The van der Waals surface area contributed by atoms with Gasteiger partial charge >= 0.3 is 6.16 Å². The molecule has 5 heteroatoms. The van der Waals surface area contributed by atoms with E-state index in [1.54, 1.807) is 0 Å². The number of hydrogen-bond acceptors (Lipinski definition) is 4. The zero-order valence-corrected chi connectivity index (χ0v) is 6.30. The second-order valence-electron chi connectivity index (χ2n) is 1.83. The minimum Gasteiger partial charge on any atom is -0.449 e. The number of carboxylic acid groups (broad SMARTS) is 1. The number of aliphatic imine (C=N–C) groups is 1. The summed E-state index contributed by atoms with van der Waals surface area (Å²) in [7, 11) is 0. The standard InChI is InChI=1S/C6H5NO3S/c8-6(9)10-5-3-4(11)1-2-7-5/h2-3H,1H2,(H,8,9). The summed E-state index contributed by atoms with van der Waals surface area (Å²) in [4.78, 5) is 14.3. The Bertz CT molecular complexity index is 257. The average Bonchev–Trinajstić information content (AvgIpc) is 1.85. The van der Waals surface area contributed by atoms with Crippen molar-refractivity contribution >= 4 is 29.5 Å². The first kappa shape index (κ1) is 7.87. The van der Waals surface area contributed by atoms with Crippen molar-refractivity contribution in [2.45, 2.75) is 6.42 Å². The molecule has 0 aromatic rings. The molecule has 0 atom stereocenters. The summed E-state index contributed by atoms with van der Waals surface area (Å²) in [6.07, 6.45) is 2.13. The van der Waals surface area contributed by atoms with Gasteiger partial charge < -0.3 is 9.84 Å². The van der Waals surface area contributed by atoms with Gasteiger partial charge in [-0.2, -0.15) is 0 Å². The van der Waals surface area contributed by atoms with Gasteiger partial charge in [-0.15, -0.1) is 0 Å². The molecule has 0 fully saturated rings. The summed E-state index contributed by atoms with van der Waals surface area (Å²) < 4.78 is 4.25. The minimum absolute atomic E-state index is 0.0359. The summed E-state index contributed by atoms with van der Waals surface area (Å²) in [5, 5.41) is 8.17. The molecule has 1 rings (SSSR count). The second-order valence-corrected chi connectivity index (χ2v) is 2.36. The highest BCUT2D eigenvalue weighted by atomic mass is 32.1. The maximum atomic E-state index is 9.99. The van der Waals surface area contributed by atoms with E-state index in [-0.39, 0.29) is 5.88 Å². The highest BCUT2D eigenvalue weighted by molar-refractivity contribution is 7.80. The predicted octanol–water partition coefficient (Wildman–Crippen LogP) is 1.37. The molecule has 0 saturated heterocycles. The SMILES string of the molecule is O=C(O)OC1=CC(=S)CC=N1. The number of thiocarbonyl (C=S) groups is 1. The maximum Gasteiger partial charge on any atom is 0.512 e. The largest absolute Gasteiger partial charge is 0.512 e. The van der Waals surface area contributed by atoms with Crippen LogP contribution in [0, 0.1) is 0 Å². The van der Waals surface area contributed by atoms with Crippen molar-refractivity contribution < 1.29 is 14.6 Å². The van der Waals surface area contributed by atoms with Crippen molar-refractivity contribution in [1.82, 2.24) is 0 Å². The van der Waals surface area contributed by atoms with Gasteiger partial charge in [0, 0.05) is 23.6 Å². The monoisotopic (exact) mass is 171 g/mol. The van der Waals surface area contributed by atoms with Crippen LogP contribution in [-0.4, -0.2) is 22.3 Å². The first-order valence-electron chi connectivity index (χ1n) is 2.86. The summed E-state index contributed by atoms with van der Waals surface area (Å²) in [6, 6.07) is 0. The Hall–Kier alpha value is -1.23. The molecule has 0 aromatic heterocycles. The van der Waals surface area contributed by atoms with E-state index in [0.29, 0.717) is 11.3 Å². The number of allylic oxidation sites excluding steroid dienone is 1. The molecule has 1 aliphatic rings. The molecule has 58 valence electrons. The number of nitrogens with zero attached hydrogens (tertiary/aromatic N) is 1. The van der Waals surface area contributed by atoms with Crippen LogP contribution < -0.4 is 0 Å². The van der Waals surface area contributed by atoms with E-state index in [1.165, 1.54) is 12.3 Å². The molecular formula is C6H5NO3S. The normalized spacial score (nSPS) is 16.0. The van der Waals surface area contributed by atoms with Crippen LogP contribution in [0.1, 0.15) is 6.42 Å². The van der Waals surface area contributed by atoms with Gasteiger partial charge in [0.2, 0.25) is 5.88 Å². The van der Waals surface area contributed by atoms with Crippen molar-refractivity contribution in [2.24, 2.45) is 4.99 Å². The number of ether oxygens (including phenoxy) is 1. The summed E-state index contributed by atoms with van der Waals surface area (Å²) >= 11 is 4.80. The highest BCUT2D eigenvalue weighted by Crippen LogP contribution is 2.06. The molecule has 0 saturated carbocycles. The predicted molar refractivity (Wildman–Crippen MR) is 42.9 cm³/mol. The molecule has 11 heavy (non-hydrogen) atoms. The lowest BCUT2D eigenvalue weighted by molar-refractivity contribution is 0.118. The molecule has 0 radical (unpaired) electrons. The third-order valence-corrected chi connectivity index (χ3v) is 1.27. The van der Waals surface area contributed by atoms with Crippen molar-refractivity contribution in [3.63, 3.8) is 0 Å². The molecule has 0 aromatic carbocycles. The summed E-state index contributed by atoms with van der Waals surface area (Å²) in [5.74, 6) is 0.0359. The van der Waals surface area contributed by atoms with Crippen LogP contribution in [0.4, 0.5) is 4.79 Å². The smallest absolute Gasteiger partial charge is 0.449 e. The summed E-state index contributed by atoms with van der Waals surface area (Å²) in [6.45, 7) is 0. The lowest BCUT2D eigenvalue weighted by atomic mass is 10.3. The Morgan fingerprint density at radius 3 is 3.09 bits per heavy atom. The topological polar surface area (TPSA) is 58.9 Å². The average molecular weight is 171 g/mol. The third-order valence-electron chi connectivity index (χ3n) is 0.987. The fourth-order valence-corrected chi connectivity index (χ4v) is 0.780. The lowest BCUT2D eigenvalue weighted by Crippen LogP contribution is -2.05. The molecule has 0 bridgehead atoms. The molecule has 0 unspecified atom stereocenters. The summed E-state index contributed by atoms with van der Waals surface area (Å²) in [5.41, 5.74) is 0. The van der Waals surface area contributed by atoms with Crippen LogP contribution in [0.2, 0.25) is 0 Å². The van der Waals surface area contributed by atoms with Gasteiger partial charge in [-0.25, -0.2) is 9.79 Å². The molecule has 1 aliphatic heterocycles. The fourth-order valence-electron chi connectivity index (χ4n) is 0.605. The number of hydrogen-bond donors (Lipinski definition) is 1. The highest BCUT2D eigenvalue weighted by Gasteiger charge is 2.06. The van der Waals surface area contributed by atoms with Gasteiger partial charge in [-0.3, -0.25) is 0 Å². The Kier molecular flexibility index (Phi) is 2.32. The van der Waals surface area contributed by atoms with Crippen LogP contribution in [0.3, 0.4) is 0 Å². The lowest BCUT2D eigenvalue weighted by Gasteiger charge is -2.03. The number of rotatable bonds is 1. The van der Waals surface area contributed by atoms with Crippen molar-refractivity contribution in [3.8, 4) is 0 Å². The first-order chi connectivity index (χ1) is 5.18. The van der Waals surface area contributed by atoms with Gasteiger partial charge in [0.25, 0.3) is 0 Å². The van der Waals surface area contributed by atoms with E-state index in [4.69, 9.17) is 17.3 Å². The minimum atomic E-state index is -1.38. The van der Waals surface area contributed by atoms with Gasteiger partial charge in [0.05, 0.1) is 0 Å². The zero-order valence-electron chi connectivity index (χ0n) is 5.48. The molecular weight excluding hydrogens is 166 g/mol. The van der Waals surface area contributed by atoms with E-state index in [1.807, 2.05) is 0 Å². The maximum absolute atomic E-state index is 9.99. The van der Waals surface area contributed by atoms with Crippen LogP contribution in [0.15, 0.2) is 17.0 Å². The van der Waals surface area contributed by atoms with Gasteiger partial charge in [-0.05, 0) is 0 Å². The molecule has 4 nitrogen and oxygen atoms in total. The van der Waals surface area contributed by atoms with Crippen molar-refractivity contribution in [1.29, 1.82) is 0 Å². The van der Waals surface area contributed by atoms with Crippen LogP contribution >= 0.6 is 12.2 Å². The molecule has 0 spiro atoms.